The van der Waals surface area contributed by atoms with Crippen molar-refractivity contribution < 1.29 is 4.79 Å². The van der Waals surface area contributed by atoms with Gasteiger partial charge < -0.3 is 15.5 Å². The summed E-state index contributed by atoms with van der Waals surface area (Å²) in [6.07, 6.45) is 0. The van der Waals surface area contributed by atoms with Crippen LogP contribution in [0, 0.1) is 5.92 Å². The molecule has 0 aromatic heterocycles. The highest BCUT2D eigenvalue weighted by molar-refractivity contribution is 5.80. The number of benzene rings is 1. The van der Waals surface area contributed by atoms with Crippen molar-refractivity contribution in [3.8, 4) is 0 Å². The minimum atomic E-state index is 0.157. The quantitative estimate of drug-likeness (QED) is 0.809. The molecular weight excluding hydrogens is 288 g/mol. The molecule has 0 saturated carbocycles. The molecule has 5 nitrogen and oxygen atoms in total. The fourth-order valence-corrected chi connectivity index (χ4v) is 3.19. The average molecular weight is 316 g/mol. The highest BCUT2D eigenvalue weighted by atomic mass is 16.2. The Kier molecular flexibility index (Phi) is 5.65. The van der Waals surface area contributed by atoms with E-state index in [0.29, 0.717) is 6.54 Å². The monoisotopic (exact) mass is 316 g/mol. The molecule has 2 aliphatic heterocycles. The van der Waals surface area contributed by atoms with Crippen LogP contribution in [0.2, 0.25) is 0 Å². The summed E-state index contributed by atoms with van der Waals surface area (Å²) in [6.45, 7) is 11.2. The molecule has 1 aromatic rings. The molecule has 1 amide bonds. The molecule has 2 N–H and O–H groups in total. The number of likely N-dealkylation sites (N-methyl/N-ethyl adjacent to an activating group) is 1. The van der Waals surface area contributed by atoms with Crippen molar-refractivity contribution in [1.29, 1.82) is 0 Å². The first-order chi connectivity index (χ1) is 11.3. The molecule has 0 bridgehead atoms. The van der Waals surface area contributed by atoms with Gasteiger partial charge in [0.05, 0.1) is 5.92 Å². The van der Waals surface area contributed by atoms with Gasteiger partial charge >= 0.3 is 0 Å². The zero-order valence-corrected chi connectivity index (χ0v) is 14.1. The Labute approximate surface area is 139 Å². The molecule has 0 aliphatic carbocycles. The van der Waals surface area contributed by atoms with Gasteiger partial charge in [0.1, 0.15) is 0 Å². The maximum absolute atomic E-state index is 12.0. The predicted molar refractivity (Wildman–Crippen MR) is 92.0 cm³/mol. The second kappa shape index (κ2) is 7.90. The van der Waals surface area contributed by atoms with E-state index in [1.165, 1.54) is 11.1 Å². The maximum Gasteiger partial charge on any atom is 0.225 e. The van der Waals surface area contributed by atoms with E-state index >= 15 is 0 Å². The van der Waals surface area contributed by atoms with E-state index in [9.17, 15) is 4.79 Å². The Balaban J connectivity index is 1.54. The smallest absolute Gasteiger partial charge is 0.225 e. The molecule has 0 radical (unpaired) electrons. The van der Waals surface area contributed by atoms with E-state index in [1.807, 2.05) is 0 Å². The highest BCUT2D eigenvalue weighted by Gasteiger charge is 2.24. The standard InChI is InChI=1S/C18H28N4O/c1-2-21-7-9-22(10-8-21)14-16-6-4-3-5-15(16)13-20-18(23)17-11-19-12-17/h3-6,17,19H,2,7-14H2,1H3,(H,20,23). The largest absolute Gasteiger partial charge is 0.352 e. The normalized spacial score (nSPS) is 20.2. The second-order valence-electron chi connectivity index (χ2n) is 6.55. The number of hydrogen-bond donors (Lipinski definition) is 2. The number of hydrogen-bond acceptors (Lipinski definition) is 4. The van der Waals surface area contributed by atoms with Crippen molar-refractivity contribution in [1.82, 2.24) is 20.4 Å². The van der Waals surface area contributed by atoms with Crippen LogP contribution >= 0.6 is 0 Å². The van der Waals surface area contributed by atoms with Crippen molar-refractivity contribution >= 4 is 5.91 Å². The van der Waals surface area contributed by atoms with E-state index in [4.69, 9.17) is 0 Å². The third-order valence-corrected chi connectivity index (χ3v) is 5.03. The molecule has 0 atom stereocenters. The second-order valence-corrected chi connectivity index (χ2v) is 6.55. The Bertz CT molecular complexity index is 522. The van der Waals surface area contributed by atoms with Crippen molar-refractivity contribution in [3.05, 3.63) is 35.4 Å². The molecule has 3 rings (SSSR count). The van der Waals surface area contributed by atoms with E-state index in [1.54, 1.807) is 0 Å². The Morgan fingerprint density at radius 3 is 2.39 bits per heavy atom. The van der Waals surface area contributed by atoms with Gasteiger partial charge in [0.15, 0.2) is 0 Å². The Hall–Kier alpha value is -1.43. The van der Waals surface area contributed by atoms with Crippen molar-refractivity contribution in [2.45, 2.75) is 20.0 Å². The predicted octanol–water partition coefficient (Wildman–Crippen LogP) is 0.660. The van der Waals surface area contributed by atoms with Crippen LogP contribution in [-0.4, -0.2) is 61.5 Å². The summed E-state index contributed by atoms with van der Waals surface area (Å²) in [5, 5.41) is 6.23. The maximum atomic E-state index is 12.0. The molecule has 2 heterocycles. The lowest BCUT2D eigenvalue weighted by molar-refractivity contribution is -0.126. The van der Waals surface area contributed by atoms with E-state index in [2.05, 4.69) is 51.6 Å². The summed E-state index contributed by atoms with van der Waals surface area (Å²) in [7, 11) is 0. The number of amides is 1. The molecular formula is C18H28N4O. The van der Waals surface area contributed by atoms with Crippen LogP contribution in [0.4, 0.5) is 0 Å². The van der Waals surface area contributed by atoms with Crippen LogP contribution in [0.3, 0.4) is 0 Å². The fraction of sp³-hybridized carbons (Fsp3) is 0.611. The zero-order chi connectivity index (χ0) is 16.1. The van der Waals surface area contributed by atoms with Gasteiger partial charge in [-0.1, -0.05) is 31.2 Å². The topological polar surface area (TPSA) is 47.6 Å². The lowest BCUT2D eigenvalue weighted by atomic mass is 10.0. The number of carbonyl (C=O) groups excluding carboxylic acids is 1. The van der Waals surface area contributed by atoms with Crippen LogP contribution in [-0.2, 0) is 17.9 Å². The molecule has 2 aliphatic rings. The van der Waals surface area contributed by atoms with Gasteiger partial charge in [0, 0.05) is 52.4 Å². The zero-order valence-electron chi connectivity index (χ0n) is 14.1. The lowest BCUT2D eigenvalue weighted by Crippen LogP contribution is -2.50. The fourth-order valence-electron chi connectivity index (χ4n) is 3.19. The number of nitrogens with zero attached hydrogens (tertiary/aromatic N) is 2. The van der Waals surface area contributed by atoms with Gasteiger partial charge in [-0.3, -0.25) is 9.69 Å². The summed E-state index contributed by atoms with van der Waals surface area (Å²) in [5.41, 5.74) is 2.58. The lowest BCUT2D eigenvalue weighted by Gasteiger charge is -2.34. The Morgan fingerprint density at radius 2 is 1.78 bits per heavy atom. The van der Waals surface area contributed by atoms with Gasteiger partial charge in [-0.15, -0.1) is 0 Å². The molecule has 0 unspecified atom stereocenters. The third-order valence-electron chi connectivity index (χ3n) is 5.03. The highest BCUT2D eigenvalue weighted by Crippen LogP contribution is 2.14. The first-order valence-corrected chi connectivity index (χ1v) is 8.76. The molecule has 126 valence electrons. The van der Waals surface area contributed by atoms with Gasteiger partial charge in [-0.2, -0.15) is 0 Å². The number of carbonyl (C=O) groups is 1. The minimum absolute atomic E-state index is 0.157. The van der Waals surface area contributed by atoms with E-state index in [-0.39, 0.29) is 11.8 Å². The van der Waals surface area contributed by atoms with Crippen LogP contribution < -0.4 is 10.6 Å². The summed E-state index contributed by atoms with van der Waals surface area (Å²) in [4.78, 5) is 17.0. The molecule has 0 spiro atoms. The molecule has 1 aromatic carbocycles. The number of rotatable bonds is 6. The first-order valence-electron chi connectivity index (χ1n) is 8.76. The molecule has 23 heavy (non-hydrogen) atoms. The van der Waals surface area contributed by atoms with Gasteiger partial charge in [0.2, 0.25) is 5.91 Å². The summed E-state index contributed by atoms with van der Waals surface area (Å²) < 4.78 is 0. The minimum Gasteiger partial charge on any atom is -0.352 e. The van der Waals surface area contributed by atoms with Crippen molar-refractivity contribution in [2.75, 3.05) is 45.8 Å². The SMILES string of the molecule is CCN1CCN(Cc2ccccc2CNC(=O)C2CNC2)CC1. The number of piperazine rings is 1. The van der Waals surface area contributed by atoms with Crippen molar-refractivity contribution in [3.63, 3.8) is 0 Å². The van der Waals surface area contributed by atoms with Crippen LogP contribution in [0.5, 0.6) is 0 Å². The first kappa shape index (κ1) is 16.4. The third kappa shape index (κ3) is 4.31. The van der Waals surface area contributed by atoms with Crippen molar-refractivity contribution in [2.24, 2.45) is 5.92 Å². The van der Waals surface area contributed by atoms with Gasteiger partial charge in [-0.05, 0) is 17.7 Å². The summed E-state index contributed by atoms with van der Waals surface area (Å²) >= 11 is 0. The average Bonchev–Trinajstić information content (AvgIpc) is 2.53. The van der Waals surface area contributed by atoms with Gasteiger partial charge in [0.25, 0.3) is 0 Å². The van der Waals surface area contributed by atoms with Crippen LogP contribution in [0.25, 0.3) is 0 Å². The van der Waals surface area contributed by atoms with Crippen LogP contribution in [0.15, 0.2) is 24.3 Å². The number of nitrogens with one attached hydrogen (secondary N) is 2. The Morgan fingerprint density at radius 1 is 1.13 bits per heavy atom. The summed E-state index contributed by atoms with van der Waals surface area (Å²) in [6, 6.07) is 8.49. The summed E-state index contributed by atoms with van der Waals surface area (Å²) in [5.74, 6) is 0.333. The van der Waals surface area contributed by atoms with Crippen LogP contribution in [0.1, 0.15) is 18.1 Å². The molecule has 2 saturated heterocycles. The van der Waals surface area contributed by atoms with E-state index < -0.39 is 0 Å². The molecule has 2 fully saturated rings. The van der Waals surface area contributed by atoms with E-state index in [0.717, 1.165) is 52.4 Å². The molecule has 5 heteroatoms. The van der Waals surface area contributed by atoms with Gasteiger partial charge in [-0.25, -0.2) is 0 Å².